The number of benzene rings is 1. The van der Waals surface area contributed by atoms with E-state index >= 15 is 0 Å². The largest absolute Gasteiger partial charge is 0.399 e. The molecule has 0 radical (unpaired) electrons. The molecule has 1 aliphatic rings. The fourth-order valence-corrected chi connectivity index (χ4v) is 3.83. The van der Waals surface area contributed by atoms with Crippen molar-refractivity contribution >= 4 is 15.5 Å². The smallest absolute Gasteiger partial charge is 0.183 e. The fraction of sp³-hybridized carbons (Fsp3) is 0.538. The fourth-order valence-electron chi connectivity index (χ4n) is 2.30. The highest BCUT2D eigenvalue weighted by Crippen LogP contribution is 2.31. The van der Waals surface area contributed by atoms with Crippen LogP contribution in [0.4, 0.5) is 10.1 Å². The number of sulfone groups is 1. The van der Waals surface area contributed by atoms with Crippen LogP contribution in [0.1, 0.15) is 26.7 Å². The van der Waals surface area contributed by atoms with Crippen LogP contribution in [0.25, 0.3) is 0 Å². The molecule has 6 heteroatoms. The third-order valence-corrected chi connectivity index (χ3v) is 5.06. The molecule has 1 unspecified atom stereocenters. The molecule has 2 rings (SSSR count). The van der Waals surface area contributed by atoms with E-state index in [9.17, 15) is 12.8 Å². The van der Waals surface area contributed by atoms with Crippen molar-refractivity contribution < 1.29 is 17.5 Å². The molecule has 1 saturated heterocycles. The Morgan fingerprint density at radius 1 is 1.47 bits per heavy atom. The van der Waals surface area contributed by atoms with Crippen molar-refractivity contribution in [2.75, 3.05) is 11.5 Å². The van der Waals surface area contributed by atoms with E-state index in [0.717, 1.165) is 12.5 Å². The summed E-state index contributed by atoms with van der Waals surface area (Å²) in [6, 6.07) is 3.61. The summed E-state index contributed by atoms with van der Waals surface area (Å²) >= 11 is 0. The van der Waals surface area contributed by atoms with Gasteiger partial charge in [0.1, 0.15) is 10.7 Å². The van der Waals surface area contributed by atoms with Gasteiger partial charge in [-0.3, -0.25) is 0 Å². The third-order valence-electron chi connectivity index (χ3n) is 3.25. The van der Waals surface area contributed by atoms with Gasteiger partial charge in [0.2, 0.25) is 0 Å². The molecule has 19 heavy (non-hydrogen) atoms. The van der Waals surface area contributed by atoms with Gasteiger partial charge in [0.15, 0.2) is 9.84 Å². The van der Waals surface area contributed by atoms with E-state index in [-0.39, 0.29) is 28.0 Å². The van der Waals surface area contributed by atoms with Gasteiger partial charge in [-0.15, -0.1) is 0 Å². The molecular formula is C13H18FNO3S. The maximum Gasteiger partial charge on any atom is 0.183 e. The van der Waals surface area contributed by atoms with Crippen LogP contribution in [0.15, 0.2) is 23.1 Å². The predicted molar refractivity (Wildman–Crippen MR) is 71.1 cm³/mol. The number of anilines is 1. The van der Waals surface area contributed by atoms with Crippen molar-refractivity contribution in [2.24, 2.45) is 0 Å². The minimum absolute atomic E-state index is 0.197. The normalized spacial score (nSPS) is 22.6. The standard InChI is InChI=1S/C13H18FNO3S/c1-13(2)6-5-10(18-13)8-19(16,17)12-4-3-9(15)7-11(12)14/h3-4,7,10H,5-6,8,15H2,1-2H3. The molecule has 0 bridgehead atoms. The summed E-state index contributed by atoms with van der Waals surface area (Å²) in [4.78, 5) is -0.310. The first kappa shape index (κ1) is 14.3. The van der Waals surface area contributed by atoms with Gasteiger partial charge in [0, 0.05) is 5.69 Å². The molecule has 1 aliphatic heterocycles. The van der Waals surface area contributed by atoms with E-state index in [2.05, 4.69) is 0 Å². The zero-order valence-corrected chi connectivity index (χ0v) is 11.8. The Bertz CT molecular complexity index is 584. The maximum atomic E-state index is 13.7. The first-order chi connectivity index (χ1) is 8.70. The number of ether oxygens (including phenoxy) is 1. The summed E-state index contributed by atoms with van der Waals surface area (Å²) in [7, 11) is -3.70. The van der Waals surface area contributed by atoms with E-state index in [1.165, 1.54) is 12.1 Å². The van der Waals surface area contributed by atoms with Gasteiger partial charge in [0.25, 0.3) is 0 Å². The summed E-state index contributed by atoms with van der Waals surface area (Å²) in [5, 5.41) is 0. The second-order valence-electron chi connectivity index (χ2n) is 5.51. The van der Waals surface area contributed by atoms with Crippen LogP contribution in [-0.2, 0) is 14.6 Å². The van der Waals surface area contributed by atoms with Crippen molar-refractivity contribution in [3.8, 4) is 0 Å². The summed E-state index contributed by atoms with van der Waals surface area (Å²) in [6.07, 6.45) is 1.09. The first-order valence-corrected chi connectivity index (χ1v) is 7.80. The minimum atomic E-state index is -3.70. The van der Waals surface area contributed by atoms with Crippen LogP contribution in [0.5, 0.6) is 0 Å². The quantitative estimate of drug-likeness (QED) is 0.865. The Morgan fingerprint density at radius 3 is 2.68 bits per heavy atom. The number of nitrogens with two attached hydrogens (primary N) is 1. The molecule has 0 amide bonds. The number of hydrogen-bond acceptors (Lipinski definition) is 4. The van der Waals surface area contributed by atoms with Crippen molar-refractivity contribution in [1.82, 2.24) is 0 Å². The zero-order valence-electron chi connectivity index (χ0n) is 11.0. The van der Waals surface area contributed by atoms with Gasteiger partial charge in [-0.05, 0) is 44.9 Å². The number of hydrogen-bond donors (Lipinski definition) is 1. The molecule has 0 saturated carbocycles. The van der Waals surface area contributed by atoms with Crippen molar-refractivity contribution in [3.05, 3.63) is 24.0 Å². The molecule has 0 spiro atoms. The molecule has 1 atom stereocenters. The van der Waals surface area contributed by atoms with Gasteiger partial charge in [0.05, 0.1) is 17.5 Å². The highest BCUT2D eigenvalue weighted by atomic mass is 32.2. The van der Waals surface area contributed by atoms with Gasteiger partial charge in [-0.25, -0.2) is 12.8 Å². The van der Waals surface area contributed by atoms with E-state index in [4.69, 9.17) is 10.5 Å². The summed E-state index contributed by atoms with van der Waals surface area (Å²) in [6.45, 7) is 3.84. The van der Waals surface area contributed by atoms with Crippen LogP contribution in [0.3, 0.4) is 0 Å². The number of halogens is 1. The lowest BCUT2D eigenvalue weighted by Gasteiger charge is -2.19. The second-order valence-corrected chi connectivity index (χ2v) is 7.51. The lowest BCUT2D eigenvalue weighted by molar-refractivity contribution is -0.00528. The molecule has 106 valence electrons. The lowest BCUT2D eigenvalue weighted by Crippen LogP contribution is -2.25. The Kier molecular flexibility index (Phi) is 3.57. The minimum Gasteiger partial charge on any atom is -0.399 e. The Balaban J connectivity index is 2.19. The molecule has 1 aromatic carbocycles. The van der Waals surface area contributed by atoms with Crippen molar-refractivity contribution in [3.63, 3.8) is 0 Å². The van der Waals surface area contributed by atoms with E-state index in [1.54, 1.807) is 0 Å². The van der Waals surface area contributed by atoms with Gasteiger partial charge < -0.3 is 10.5 Å². The Labute approximate surface area is 112 Å². The van der Waals surface area contributed by atoms with Gasteiger partial charge in [-0.1, -0.05) is 0 Å². The van der Waals surface area contributed by atoms with Gasteiger partial charge in [-0.2, -0.15) is 0 Å². The molecule has 0 aliphatic carbocycles. The molecular weight excluding hydrogens is 269 g/mol. The highest BCUT2D eigenvalue weighted by molar-refractivity contribution is 7.91. The molecule has 2 N–H and O–H groups in total. The molecule has 1 aromatic rings. The molecule has 1 fully saturated rings. The number of nitrogen functional groups attached to an aromatic ring is 1. The average Bonchev–Trinajstić information content (AvgIpc) is 2.56. The maximum absolute atomic E-state index is 13.7. The predicted octanol–water partition coefficient (Wildman–Crippen LogP) is 2.14. The van der Waals surface area contributed by atoms with Crippen LogP contribution in [0.2, 0.25) is 0 Å². The second kappa shape index (κ2) is 4.76. The van der Waals surface area contributed by atoms with E-state index in [0.29, 0.717) is 6.42 Å². The average molecular weight is 287 g/mol. The third kappa shape index (κ3) is 3.25. The topological polar surface area (TPSA) is 69.4 Å². The van der Waals surface area contributed by atoms with Crippen molar-refractivity contribution in [1.29, 1.82) is 0 Å². The summed E-state index contributed by atoms with van der Waals surface area (Å²) in [5.74, 6) is -1.01. The Morgan fingerprint density at radius 2 is 2.16 bits per heavy atom. The lowest BCUT2D eigenvalue weighted by atomic mass is 10.1. The van der Waals surface area contributed by atoms with Crippen LogP contribution in [-0.4, -0.2) is 25.9 Å². The summed E-state index contributed by atoms with van der Waals surface area (Å²) in [5.41, 5.74) is 5.31. The highest BCUT2D eigenvalue weighted by Gasteiger charge is 2.35. The van der Waals surface area contributed by atoms with Gasteiger partial charge >= 0.3 is 0 Å². The van der Waals surface area contributed by atoms with Crippen molar-refractivity contribution in [2.45, 2.75) is 43.3 Å². The summed E-state index contributed by atoms with van der Waals surface area (Å²) < 4.78 is 43.7. The molecule has 1 heterocycles. The van der Waals surface area contributed by atoms with Crippen LogP contribution in [0, 0.1) is 5.82 Å². The van der Waals surface area contributed by atoms with Crippen LogP contribution < -0.4 is 5.73 Å². The molecule has 0 aromatic heterocycles. The zero-order chi connectivity index (χ0) is 14.3. The monoisotopic (exact) mass is 287 g/mol. The Hall–Kier alpha value is -1.14. The SMILES string of the molecule is CC1(C)CCC(CS(=O)(=O)c2ccc(N)cc2F)O1. The van der Waals surface area contributed by atoms with E-state index in [1.807, 2.05) is 13.8 Å². The molecule has 4 nitrogen and oxygen atoms in total. The number of rotatable bonds is 3. The first-order valence-electron chi connectivity index (χ1n) is 6.15. The van der Waals surface area contributed by atoms with E-state index < -0.39 is 15.7 Å². The van der Waals surface area contributed by atoms with Crippen LogP contribution >= 0.6 is 0 Å².